The summed E-state index contributed by atoms with van der Waals surface area (Å²) in [7, 11) is 0. The van der Waals surface area contributed by atoms with Gasteiger partial charge in [0.1, 0.15) is 11.1 Å². The first-order valence-corrected chi connectivity index (χ1v) is 6.20. The third kappa shape index (κ3) is 2.68. The minimum absolute atomic E-state index is 0.115. The summed E-state index contributed by atoms with van der Waals surface area (Å²) >= 11 is 7.68. The molecule has 0 radical (unpaired) electrons. The Labute approximate surface area is 103 Å². The normalized spacial score (nSPS) is 12.3. The monoisotopic (exact) mass is 251 g/mol. The number of hydrogen-bond donors (Lipinski definition) is 0. The highest BCUT2D eigenvalue weighted by molar-refractivity contribution is 7.09. The van der Waals surface area contributed by atoms with Crippen molar-refractivity contribution in [1.82, 2.24) is 4.98 Å². The Morgan fingerprint density at radius 2 is 2.25 bits per heavy atom. The van der Waals surface area contributed by atoms with Gasteiger partial charge in [0.05, 0.1) is 0 Å². The summed E-state index contributed by atoms with van der Waals surface area (Å²) in [6, 6.07) is 9.18. The molecule has 82 valence electrons. The Bertz CT molecular complexity index is 455. The van der Waals surface area contributed by atoms with Crippen molar-refractivity contribution < 1.29 is 4.79 Å². The molecule has 2 aromatic heterocycles. The van der Waals surface area contributed by atoms with Gasteiger partial charge >= 0.3 is 0 Å². The number of thiophene rings is 1. The lowest BCUT2D eigenvalue weighted by Crippen LogP contribution is -2.18. The molecule has 16 heavy (non-hydrogen) atoms. The molecular weight excluding hydrogens is 242 g/mol. The minimum atomic E-state index is -0.534. The average Bonchev–Trinajstić information content (AvgIpc) is 2.82. The zero-order valence-electron chi connectivity index (χ0n) is 8.47. The second-order valence-electron chi connectivity index (χ2n) is 3.33. The van der Waals surface area contributed by atoms with Crippen LogP contribution in [0, 0.1) is 0 Å². The summed E-state index contributed by atoms with van der Waals surface area (Å²) in [6.07, 6.45) is 2.16. The van der Waals surface area contributed by atoms with E-state index in [0.717, 1.165) is 4.88 Å². The maximum absolute atomic E-state index is 11.9. The van der Waals surface area contributed by atoms with Crippen LogP contribution in [0.4, 0.5) is 0 Å². The second kappa shape index (κ2) is 5.23. The highest BCUT2D eigenvalue weighted by atomic mass is 35.5. The fourth-order valence-corrected chi connectivity index (χ4v) is 2.49. The SMILES string of the molecule is O=C(c1ccccn1)C(Cl)Cc1cccs1. The lowest BCUT2D eigenvalue weighted by atomic mass is 10.1. The van der Waals surface area contributed by atoms with Gasteiger partial charge in [-0.1, -0.05) is 12.1 Å². The number of aromatic nitrogens is 1. The first-order chi connectivity index (χ1) is 7.77. The number of halogens is 1. The fraction of sp³-hybridized carbons (Fsp3) is 0.167. The summed E-state index contributed by atoms with van der Waals surface area (Å²) in [5.74, 6) is -0.115. The van der Waals surface area contributed by atoms with Gasteiger partial charge in [-0.25, -0.2) is 0 Å². The molecule has 0 bridgehead atoms. The number of carbonyl (C=O) groups excluding carboxylic acids is 1. The third-order valence-corrected chi connectivity index (χ3v) is 3.41. The summed E-state index contributed by atoms with van der Waals surface area (Å²) in [4.78, 5) is 17.0. The Kier molecular flexibility index (Phi) is 3.70. The number of ketones is 1. The van der Waals surface area contributed by atoms with Crippen LogP contribution in [0.5, 0.6) is 0 Å². The molecule has 0 saturated heterocycles. The summed E-state index contributed by atoms with van der Waals surface area (Å²) in [5, 5.41) is 1.44. The van der Waals surface area contributed by atoms with Crippen molar-refractivity contribution in [2.75, 3.05) is 0 Å². The van der Waals surface area contributed by atoms with E-state index in [4.69, 9.17) is 11.6 Å². The van der Waals surface area contributed by atoms with E-state index in [2.05, 4.69) is 4.98 Å². The third-order valence-electron chi connectivity index (χ3n) is 2.16. The molecule has 0 spiro atoms. The number of nitrogens with zero attached hydrogens (tertiary/aromatic N) is 1. The van der Waals surface area contributed by atoms with E-state index >= 15 is 0 Å². The van der Waals surface area contributed by atoms with E-state index in [0.29, 0.717) is 12.1 Å². The highest BCUT2D eigenvalue weighted by Crippen LogP contribution is 2.16. The molecule has 0 aliphatic rings. The molecule has 0 amide bonds. The molecule has 0 aromatic carbocycles. The Hall–Kier alpha value is -1.19. The van der Waals surface area contributed by atoms with Crippen molar-refractivity contribution in [3.05, 3.63) is 52.5 Å². The van der Waals surface area contributed by atoms with Gasteiger partial charge in [-0.15, -0.1) is 22.9 Å². The highest BCUT2D eigenvalue weighted by Gasteiger charge is 2.18. The van der Waals surface area contributed by atoms with E-state index in [1.807, 2.05) is 17.5 Å². The molecule has 1 atom stereocenters. The molecule has 0 aliphatic heterocycles. The van der Waals surface area contributed by atoms with Gasteiger partial charge in [0.25, 0.3) is 0 Å². The zero-order valence-corrected chi connectivity index (χ0v) is 10.0. The van der Waals surface area contributed by atoms with Gasteiger partial charge in [-0.2, -0.15) is 0 Å². The Balaban J connectivity index is 2.05. The van der Waals surface area contributed by atoms with Crippen molar-refractivity contribution in [2.45, 2.75) is 11.8 Å². The van der Waals surface area contributed by atoms with E-state index in [9.17, 15) is 4.79 Å². The van der Waals surface area contributed by atoms with Crippen molar-refractivity contribution >= 4 is 28.7 Å². The first kappa shape index (κ1) is 11.3. The van der Waals surface area contributed by atoms with Gasteiger partial charge in [0.15, 0.2) is 5.78 Å². The number of Topliss-reactive ketones (excluding diaryl/α,β-unsaturated/α-hetero) is 1. The minimum Gasteiger partial charge on any atom is -0.291 e. The average molecular weight is 252 g/mol. The smallest absolute Gasteiger partial charge is 0.199 e. The molecule has 2 nitrogen and oxygen atoms in total. The van der Waals surface area contributed by atoms with Crippen molar-refractivity contribution in [3.8, 4) is 0 Å². The number of rotatable bonds is 4. The van der Waals surface area contributed by atoms with Gasteiger partial charge in [0.2, 0.25) is 0 Å². The quantitative estimate of drug-likeness (QED) is 0.617. The van der Waals surface area contributed by atoms with E-state index in [-0.39, 0.29) is 5.78 Å². The summed E-state index contributed by atoms with van der Waals surface area (Å²) in [6.45, 7) is 0. The van der Waals surface area contributed by atoms with E-state index in [1.54, 1.807) is 35.7 Å². The van der Waals surface area contributed by atoms with Crippen LogP contribution in [0.3, 0.4) is 0 Å². The fourth-order valence-electron chi connectivity index (χ4n) is 1.37. The zero-order chi connectivity index (χ0) is 11.4. The van der Waals surface area contributed by atoms with Crippen LogP contribution >= 0.6 is 22.9 Å². The van der Waals surface area contributed by atoms with Crippen molar-refractivity contribution in [2.24, 2.45) is 0 Å². The lowest BCUT2D eigenvalue weighted by molar-refractivity contribution is 0.0982. The van der Waals surface area contributed by atoms with E-state index < -0.39 is 5.38 Å². The van der Waals surface area contributed by atoms with Crippen LogP contribution in [-0.4, -0.2) is 16.1 Å². The molecule has 2 heterocycles. The number of hydrogen-bond acceptors (Lipinski definition) is 3. The number of pyridine rings is 1. The van der Waals surface area contributed by atoms with Crippen molar-refractivity contribution in [1.29, 1.82) is 0 Å². The topological polar surface area (TPSA) is 30.0 Å². The van der Waals surface area contributed by atoms with E-state index in [1.165, 1.54) is 0 Å². The molecule has 0 saturated carbocycles. The predicted octanol–water partition coefficient (Wildman–Crippen LogP) is 3.18. The molecule has 2 rings (SSSR count). The number of carbonyl (C=O) groups is 1. The van der Waals surface area contributed by atoms with Gasteiger partial charge in [-0.05, 0) is 23.6 Å². The van der Waals surface area contributed by atoms with Crippen LogP contribution in [0.15, 0.2) is 41.9 Å². The molecule has 0 aliphatic carbocycles. The second-order valence-corrected chi connectivity index (χ2v) is 4.89. The van der Waals surface area contributed by atoms with Crippen molar-refractivity contribution in [3.63, 3.8) is 0 Å². The lowest BCUT2D eigenvalue weighted by Gasteiger charge is -2.05. The van der Waals surface area contributed by atoms with Gasteiger partial charge in [0, 0.05) is 17.5 Å². The maximum atomic E-state index is 11.9. The van der Waals surface area contributed by atoms with Gasteiger partial charge < -0.3 is 0 Å². The van der Waals surface area contributed by atoms with Crippen LogP contribution in [0.25, 0.3) is 0 Å². The molecule has 2 aromatic rings. The molecule has 0 N–H and O–H groups in total. The summed E-state index contributed by atoms with van der Waals surface area (Å²) < 4.78 is 0. The van der Waals surface area contributed by atoms with Crippen LogP contribution in [-0.2, 0) is 6.42 Å². The largest absolute Gasteiger partial charge is 0.291 e. The Morgan fingerprint density at radius 1 is 1.38 bits per heavy atom. The maximum Gasteiger partial charge on any atom is 0.199 e. The number of alkyl halides is 1. The van der Waals surface area contributed by atoms with Gasteiger partial charge in [-0.3, -0.25) is 9.78 Å². The first-order valence-electron chi connectivity index (χ1n) is 4.89. The van der Waals surface area contributed by atoms with Crippen LogP contribution in [0.1, 0.15) is 15.4 Å². The molecule has 1 unspecified atom stereocenters. The van der Waals surface area contributed by atoms with Crippen LogP contribution in [0.2, 0.25) is 0 Å². The summed E-state index contributed by atoms with van der Waals surface area (Å²) in [5.41, 5.74) is 0.430. The Morgan fingerprint density at radius 3 is 2.88 bits per heavy atom. The van der Waals surface area contributed by atoms with Crippen LogP contribution < -0.4 is 0 Å². The molecular formula is C12H10ClNOS. The standard InChI is InChI=1S/C12H10ClNOS/c13-10(8-9-4-3-7-16-9)12(15)11-5-1-2-6-14-11/h1-7,10H,8H2. The predicted molar refractivity (Wildman–Crippen MR) is 66.2 cm³/mol. The molecule has 4 heteroatoms. The molecule has 0 fully saturated rings.